The second-order valence-corrected chi connectivity index (χ2v) is 6.69. The molecule has 0 rings (SSSR count). The molecule has 0 aliphatic rings. The minimum Gasteiger partial charge on any atom is -0.480 e. The summed E-state index contributed by atoms with van der Waals surface area (Å²) in [5.41, 5.74) is 0. The zero-order valence-electron chi connectivity index (χ0n) is 8.60. The van der Waals surface area contributed by atoms with Gasteiger partial charge in [-0.2, -0.15) is 0 Å². The van der Waals surface area contributed by atoms with Crippen molar-refractivity contribution >= 4 is 26.8 Å². The highest BCUT2D eigenvalue weighted by Crippen LogP contribution is 1.98. The SMILES string of the molecule is CC(C(=O)O)S(=O)(=O)NCCCS(C)=O. The van der Waals surface area contributed by atoms with E-state index in [0.29, 0.717) is 12.2 Å². The lowest BCUT2D eigenvalue weighted by Crippen LogP contribution is -2.38. The summed E-state index contributed by atoms with van der Waals surface area (Å²) in [5.74, 6) is -0.995. The molecule has 0 saturated carbocycles. The smallest absolute Gasteiger partial charge is 0.323 e. The first-order valence-electron chi connectivity index (χ1n) is 4.28. The fourth-order valence-corrected chi connectivity index (χ4v) is 2.24. The fraction of sp³-hybridized carbons (Fsp3) is 0.857. The van der Waals surface area contributed by atoms with Crippen molar-refractivity contribution in [2.75, 3.05) is 18.6 Å². The number of sulfonamides is 1. The molecule has 0 bridgehead atoms. The third kappa shape index (κ3) is 5.85. The molecule has 8 heteroatoms. The van der Waals surface area contributed by atoms with Crippen molar-refractivity contribution in [1.82, 2.24) is 4.72 Å². The molecule has 0 aliphatic carbocycles. The van der Waals surface area contributed by atoms with Crippen molar-refractivity contribution in [2.45, 2.75) is 18.6 Å². The van der Waals surface area contributed by atoms with Gasteiger partial charge in [-0.1, -0.05) is 0 Å². The predicted molar refractivity (Wildman–Crippen MR) is 57.6 cm³/mol. The van der Waals surface area contributed by atoms with Crippen molar-refractivity contribution in [3.63, 3.8) is 0 Å². The Labute approximate surface area is 91.6 Å². The Balaban J connectivity index is 4.06. The number of carbonyl (C=O) groups is 1. The zero-order valence-corrected chi connectivity index (χ0v) is 10.2. The second kappa shape index (κ2) is 6.19. The third-order valence-electron chi connectivity index (χ3n) is 1.73. The third-order valence-corrected chi connectivity index (χ3v) is 4.33. The van der Waals surface area contributed by atoms with E-state index in [9.17, 15) is 17.4 Å². The standard InChI is InChI=1S/C7H15NO5S2/c1-6(7(9)10)15(12,13)8-4-3-5-14(2)11/h6,8H,3-5H2,1-2H3,(H,9,10). The van der Waals surface area contributed by atoms with E-state index < -0.39 is 32.0 Å². The van der Waals surface area contributed by atoms with Crippen molar-refractivity contribution in [3.8, 4) is 0 Å². The molecule has 0 saturated heterocycles. The van der Waals surface area contributed by atoms with Crippen LogP contribution in [0.2, 0.25) is 0 Å². The maximum atomic E-state index is 11.2. The number of carboxylic acids is 1. The summed E-state index contributed by atoms with van der Waals surface area (Å²) in [6, 6.07) is 0. The molecule has 2 unspecified atom stereocenters. The Morgan fingerprint density at radius 1 is 1.53 bits per heavy atom. The Morgan fingerprint density at radius 3 is 2.47 bits per heavy atom. The molecule has 0 aromatic carbocycles. The van der Waals surface area contributed by atoms with Crippen LogP contribution in [-0.2, 0) is 25.6 Å². The molecule has 6 nitrogen and oxygen atoms in total. The van der Waals surface area contributed by atoms with E-state index in [1.807, 2.05) is 0 Å². The number of hydrogen-bond acceptors (Lipinski definition) is 4. The first kappa shape index (κ1) is 14.5. The van der Waals surface area contributed by atoms with E-state index in [1.165, 1.54) is 6.26 Å². The van der Waals surface area contributed by atoms with Crippen LogP contribution in [-0.4, -0.2) is 47.5 Å². The molecule has 0 heterocycles. The molecule has 0 aromatic rings. The lowest BCUT2D eigenvalue weighted by atomic mass is 10.5. The zero-order chi connectivity index (χ0) is 12.1. The lowest BCUT2D eigenvalue weighted by molar-refractivity contribution is -0.136. The molecule has 0 aliphatic heterocycles. The Kier molecular flexibility index (Phi) is 5.99. The molecular weight excluding hydrogens is 242 g/mol. The van der Waals surface area contributed by atoms with E-state index in [0.717, 1.165) is 6.92 Å². The van der Waals surface area contributed by atoms with Crippen molar-refractivity contribution < 1.29 is 22.5 Å². The van der Waals surface area contributed by atoms with Gasteiger partial charge in [-0.15, -0.1) is 0 Å². The van der Waals surface area contributed by atoms with Crippen LogP contribution in [0.1, 0.15) is 13.3 Å². The molecule has 2 atom stereocenters. The minimum atomic E-state index is -3.81. The van der Waals surface area contributed by atoms with Crippen LogP contribution in [0.3, 0.4) is 0 Å². The maximum Gasteiger partial charge on any atom is 0.323 e. The maximum absolute atomic E-state index is 11.2. The van der Waals surface area contributed by atoms with Gasteiger partial charge in [-0.25, -0.2) is 13.1 Å². The first-order valence-corrected chi connectivity index (χ1v) is 7.56. The van der Waals surface area contributed by atoms with E-state index in [-0.39, 0.29) is 6.54 Å². The Morgan fingerprint density at radius 2 is 2.07 bits per heavy atom. The molecule has 0 fully saturated rings. The van der Waals surface area contributed by atoms with Gasteiger partial charge in [0.05, 0.1) is 0 Å². The van der Waals surface area contributed by atoms with Crippen LogP contribution >= 0.6 is 0 Å². The summed E-state index contributed by atoms with van der Waals surface area (Å²) in [4.78, 5) is 10.4. The number of rotatable bonds is 7. The van der Waals surface area contributed by atoms with Gasteiger partial charge in [0.1, 0.15) is 0 Å². The monoisotopic (exact) mass is 257 g/mol. The highest BCUT2D eigenvalue weighted by molar-refractivity contribution is 7.90. The lowest BCUT2D eigenvalue weighted by Gasteiger charge is -2.09. The summed E-state index contributed by atoms with van der Waals surface area (Å²) in [5, 5.41) is 7.03. The van der Waals surface area contributed by atoms with Gasteiger partial charge < -0.3 is 5.11 Å². The normalized spacial score (nSPS) is 15.9. The van der Waals surface area contributed by atoms with E-state index in [2.05, 4.69) is 4.72 Å². The van der Waals surface area contributed by atoms with Crippen LogP contribution in [0.4, 0.5) is 0 Å². The molecule has 0 aromatic heterocycles. The first-order chi connectivity index (χ1) is 6.77. The molecule has 0 radical (unpaired) electrons. The molecule has 15 heavy (non-hydrogen) atoms. The topological polar surface area (TPSA) is 101 Å². The second-order valence-electron chi connectivity index (χ2n) is 3.05. The van der Waals surface area contributed by atoms with Gasteiger partial charge in [0.15, 0.2) is 5.25 Å². The summed E-state index contributed by atoms with van der Waals surface area (Å²) >= 11 is 0. The molecule has 90 valence electrons. The summed E-state index contributed by atoms with van der Waals surface area (Å²) in [7, 11) is -4.77. The van der Waals surface area contributed by atoms with Crippen LogP contribution in [0, 0.1) is 0 Å². The average molecular weight is 257 g/mol. The van der Waals surface area contributed by atoms with Crippen LogP contribution < -0.4 is 4.72 Å². The fourth-order valence-electron chi connectivity index (χ4n) is 0.748. The van der Waals surface area contributed by atoms with Gasteiger partial charge >= 0.3 is 5.97 Å². The predicted octanol–water partition coefficient (Wildman–Crippen LogP) is -0.852. The molecule has 2 N–H and O–H groups in total. The van der Waals surface area contributed by atoms with Crippen LogP contribution in [0.25, 0.3) is 0 Å². The van der Waals surface area contributed by atoms with Crippen LogP contribution in [0.5, 0.6) is 0 Å². The number of carboxylic acid groups (broad SMARTS) is 1. The average Bonchev–Trinajstić information content (AvgIpc) is 2.10. The van der Waals surface area contributed by atoms with E-state index in [1.54, 1.807) is 0 Å². The molecule has 0 amide bonds. The van der Waals surface area contributed by atoms with Gasteiger partial charge in [0.2, 0.25) is 10.0 Å². The summed E-state index contributed by atoms with van der Waals surface area (Å²) in [6.07, 6.45) is 1.95. The Bertz CT molecular complexity index is 337. The molecular formula is C7H15NO5S2. The summed E-state index contributed by atoms with van der Waals surface area (Å²) in [6.45, 7) is 1.21. The van der Waals surface area contributed by atoms with Crippen molar-refractivity contribution in [1.29, 1.82) is 0 Å². The highest BCUT2D eigenvalue weighted by atomic mass is 32.2. The van der Waals surface area contributed by atoms with Crippen molar-refractivity contribution in [2.24, 2.45) is 0 Å². The van der Waals surface area contributed by atoms with Gasteiger partial charge in [-0.05, 0) is 13.3 Å². The van der Waals surface area contributed by atoms with E-state index in [4.69, 9.17) is 5.11 Å². The van der Waals surface area contributed by atoms with Crippen molar-refractivity contribution in [3.05, 3.63) is 0 Å². The van der Waals surface area contributed by atoms with E-state index >= 15 is 0 Å². The Hall–Kier alpha value is -0.470. The quantitative estimate of drug-likeness (QED) is 0.578. The largest absolute Gasteiger partial charge is 0.480 e. The molecule has 0 spiro atoms. The number of nitrogens with one attached hydrogen (secondary N) is 1. The van der Waals surface area contributed by atoms with Crippen LogP contribution in [0.15, 0.2) is 0 Å². The summed E-state index contributed by atoms with van der Waals surface area (Å²) < 4.78 is 35.3. The number of hydrogen-bond donors (Lipinski definition) is 2. The van der Waals surface area contributed by atoms with Gasteiger partial charge in [0.25, 0.3) is 0 Å². The minimum absolute atomic E-state index is 0.111. The number of aliphatic carboxylic acids is 1. The highest BCUT2D eigenvalue weighted by Gasteiger charge is 2.26. The van der Waals surface area contributed by atoms with Gasteiger partial charge in [0, 0.05) is 29.4 Å². The van der Waals surface area contributed by atoms with Gasteiger partial charge in [-0.3, -0.25) is 9.00 Å².